The maximum Gasteiger partial charge on any atom is 0.259 e. The van der Waals surface area contributed by atoms with E-state index in [0.717, 1.165) is 10.9 Å². The van der Waals surface area contributed by atoms with Gasteiger partial charge in [0.05, 0.1) is 35.3 Å². The van der Waals surface area contributed by atoms with Crippen LogP contribution in [0.25, 0.3) is 16.7 Å². The van der Waals surface area contributed by atoms with Gasteiger partial charge in [-0.15, -0.1) is 10.2 Å². The van der Waals surface area contributed by atoms with Gasteiger partial charge in [0.2, 0.25) is 5.88 Å². The van der Waals surface area contributed by atoms with Crippen LogP contribution in [0.5, 0.6) is 5.88 Å². The number of para-hydroxylation sites is 1. The minimum Gasteiger partial charge on any atom is -0.477 e. The number of ether oxygens (including phenoxy) is 1. The molecular formula is C20H18N6O2. The Morgan fingerprint density at radius 1 is 1.14 bits per heavy atom. The highest BCUT2D eigenvalue weighted by atomic mass is 16.5. The van der Waals surface area contributed by atoms with Gasteiger partial charge in [-0.3, -0.25) is 9.78 Å². The van der Waals surface area contributed by atoms with Gasteiger partial charge in [0.15, 0.2) is 5.82 Å². The fourth-order valence-corrected chi connectivity index (χ4v) is 2.91. The van der Waals surface area contributed by atoms with Gasteiger partial charge in [0.1, 0.15) is 0 Å². The van der Waals surface area contributed by atoms with E-state index in [9.17, 15) is 4.79 Å². The van der Waals surface area contributed by atoms with Crippen molar-refractivity contribution < 1.29 is 9.53 Å². The van der Waals surface area contributed by atoms with Crippen molar-refractivity contribution in [2.75, 3.05) is 11.9 Å². The first-order valence-corrected chi connectivity index (χ1v) is 8.84. The van der Waals surface area contributed by atoms with E-state index in [-0.39, 0.29) is 5.91 Å². The first-order chi connectivity index (χ1) is 13.7. The molecule has 3 aromatic heterocycles. The number of carbonyl (C=O) groups excluding carboxylic acids is 1. The molecule has 8 heteroatoms. The average Bonchev–Trinajstić information content (AvgIpc) is 3.11. The molecule has 0 unspecified atom stereocenters. The number of anilines is 1. The maximum absolute atomic E-state index is 12.8. The zero-order chi connectivity index (χ0) is 19.5. The topological polar surface area (TPSA) is 94.8 Å². The van der Waals surface area contributed by atoms with E-state index in [1.807, 2.05) is 37.3 Å². The van der Waals surface area contributed by atoms with Crippen molar-refractivity contribution in [2.24, 2.45) is 0 Å². The highest BCUT2D eigenvalue weighted by Gasteiger charge is 2.17. The molecule has 0 spiro atoms. The zero-order valence-electron chi connectivity index (χ0n) is 15.5. The molecule has 28 heavy (non-hydrogen) atoms. The van der Waals surface area contributed by atoms with Gasteiger partial charge in [-0.05, 0) is 32.0 Å². The van der Waals surface area contributed by atoms with Crippen LogP contribution in [0.3, 0.4) is 0 Å². The van der Waals surface area contributed by atoms with Crippen molar-refractivity contribution in [1.29, 1.82) is 0 Å². The van der Waals surface area contributed by atoms with E-state index < -0.39 is 0 Å². The lowest BCUT2D eigenvalue weighted by atomic mass is 10.2. The molecule has 1 N–H and O–H groups in total. The molecule has 1 amide bonds. The Morgan fingerprint density at radius 2 is 2.00 bits per heavy atom. The summed E-state index contributed by atoms with van der Waals surface area (Å²) in [6, 6.07) is 12.9. The molecule has 4 aromatic rings. The summed E-state index contributed by atoms with van der Waals surface area (Å²) in [7, 11) is 0. The van der Waals surface area contributed by atoms with Gasteiger partial charge in [-0.2, -0.15) is 5.10 Å². The van der Waals surface area contributed by atoms with E-state index in [4.69, 9.17) is 4.74 Å². The molecule has 0 bridgehead atoms. The van der Waals surface area contributed by atoms with Gasteiger partial charge >= 0.3 is 0 Å². The third-order valence-electron chi connectivity index (χ3n) is 4.27. The number of benzene rings is 1. The van der Waals surface area contributed by atoms with Crippen LogP contribution < -0.4 is 10.1 Å². The van der Waals surface area contributed by atoms with Crippen molar-refractivity contribution in [1.82, 2.24) is 25.0 Å². The number of aromatic nitrogens is 5. The van der Waals surface area contributed by atoms with Crippen molar-refractivity contribution in [3.05, 3.63) is 66.1 Å². The fourth-order valence-electron chi connectivity index (χ4n) is 2.91. The lowest BCUT2D eigenvalue weighted by Gasteiger charge is -2.08. The smallest absolute Gasteiger partial charge is 0.259 e. The molecule has 0 saturated carbocycles. The van der Waals surface area contributed by atoms with Crippen LogP contribution in [0.2, 0.25) is 0 Å². The number of fused-ring (bicyclic) bond motifs is 1. The summed E-state index contributed by atoms with van der Waals surface area (Å²) in [5.74, 6) is 0.685. The molecule has 0 fully saturated rings. The van der Waals surface area contributed by atoms with E-state index in [1.54, 1.807) is 29.9 Å². The van der Waals surface area contributed by atoms with E-state index in [2.05, 4.69) is 25.6 Å². The molecule has 140 valence electrons. The maximum atomic E-state index is 12.8. The minimum absolute atomic E-state index is 0.263. The van der Waals surface area contributed by atoms with Crippen molar-refractivity contribution in [2.45, 2.75) is 13.8 Å². The SMILES string of the molecule is CCOc1ccc(-n2ncc(C(=O)Nc3cccc4cccnc34)c2C)nn1. The van der Waals surface area contributed by atoms with Gasteiger partial charge in [0.25, 0.3) is 5.91 Å². The van der Waals surface area contributed by atoms with Crippen LogP contribution in [0.15, 0.2) is 54.9 Å². The molecule has 0 atom stereocenters. The molecule has 4 rings (SSSR count). The van der Waals surface area contributed by atoms with Gasteiger partial charge in [0, 0.05) is 17.6 Å². The number of pyridine rings is 1. The van der Waals surface area contributed by atoms with E-state index >= 15 is 0 Å². The lowest BCUT2D eigenvalue weighted by Crippen LogP contribution is -2.14. The Bertz CT molecular complexity index is 1130. The summed E-state index contributed by atoms with van der Waals surface area (Å²) in [4.78, 5) is 17.2. The number of amides is 1. The number of carbonyl (C=O) groups is 1. The molecule has 8 nitrogen and oxygen atoms in total. The highest BCUT2D eigenvalue weighted by molar-refractivity contribution is 6.08. The third kappa shape index (κ3) is 3.27. The summed E-state index contributed by atoms with van der Waals surface area (Å²) in [5.41, 5.74) is 2.49. The molecule has 0 aliphatic rings. The summed E-state index contributed by atoms with van der Waals surface area (Å²) < 4.78 is 6.87. The Morgan fingerprint density at radius 3 is 2.79 bits per heavy atom. The zero-order valence-corrected chi connectivity index (χ0v) is 15.5. The van der Waals surface area contributed by atoms with Gasteiger partial charge < -0.3 is 10.1 Å². The molecule has 1 aromatic carbocycles. The molecule has 0 radical (unpaired) electrons. The van der Waals surface area contributed by atoms with E-state index in [0.29, 0.717) is 35.2 Å². The largest absolute Gasteiger partial charge is 0.477 e. The Labute approximate surface area is 161 Å². The van der Waals surface area contributed by atoms with Crippen LogP contribution in [0.4, 0.5) is 5.69 Å². The fraction of sp³-hybridized carbons (Fsp3) is 0.150. The first kappa shape index (κ1) is 17.6. The van der Waals surface area contributed by atoms with Crippen LogP contribution in [0.1, 0.15) is 23.0 Å². The Balaban J connectivity index is 1.60. The second kappa shape index (κ2) is 7.43. The summed E-state index contributed by atoms with van der Waals surface area (Å²) in [6.45, 7) is 4.20. The summed E-state index contributed by atoms with van der Waals surface area (Å²) in [5, 5.41) is 16.3. The second-order valence-electron chi connectivity index (χ2n) is 6.05. The number of nitrogens with one attached hydrogen (secondary N) is 1. The van der Waals surface area contributed by atoms with Crippen molar-refractivity contribution in [3.63, 3.8) is 0 Å². The normalized spacial score (nSPS) is 10.8. The molecule has 0 saturated heterocycles. The second-order valence-corrected chi connectivity index (χ2v) is 6.05. The monoisotopic (exact) mass is 374 g/mol. The Kier molecular flexibility index (Phi) is 4.67. The first-order valence-electron chi connectivity index (χ1n) is 8.84. The number of rotatable bonds is 5. The number of nitrogens with zero attached hydrogens (tertiary/aromatic N) is 5. The van der Waals surface area contributed by atoms with Crippen LogP contribution >= 0.6 is 0 Å². The quantitative estimate of drug-likeness (QED) is 0.576. The molecule has 0 aliphatic heterocycles. The van der Waals surface area contributed by atoms with Gasteiger partial charge in [-0.1, -0.05) is 18.2 Å². The van der Waals surface area contributed by atoms with Crippen LogP contribution in [0, 0.1) is 6.92 Å². The standard InChI is InChI=1S/C20H18N6O2/c1-3-28-18-10-9-17(24-25-18)26-13(2)15(12-22-26)20(27)23-16-8-4-6-14-7-5-11-21-19(14)16/h4-12H,3H2,1-2H3,(H,23,27). The number of hydrogen-bond donors (Lipinski definition) is 1. The predicted molar refractivity (Wildman–Crippen MR) is 105 cm³/mol. The highest BCUT2D eigenvalue weighted by Crippen LogP contribution is 2.22. The average molecular weight is 374 g/mol. The molecule has 0 aliphatic carbocycles. The summed E-state index contributed by atoms with van der Waals surface area (Å²) >= 11 is 0. The Hall–Kier alpha value is -3.81. The number of hydrogen-bond acceptors (Lipinski definition) is 6. The van der Waals surface area contributed by atoms with Gasteiger partial charge in [-0.25, -0.2) is 4.68 Å². The molecular weight excluding hydrogens is 356 g/mol. The molecule has 3 heterocycles. The minimum atomic E-state index is -0.263. The van der Waals surface area contributed by atoms with Crippen LogP contribution in [-0.2, 0) is 0 Å². The predicted octanol–water partition coefficient (Wildman–Crippen LogP) is 3.17. The lowest BCUT2D eigenvalue weighted by molar-refractivity contribution is 0.102. The third-order valence-corrected chi connectivity index (χ3v) is 4.27. The van der Waals surface area contributed by atoms with Crippen LogP contribution in [-0.4, -0.2) is 37.5 Å². The van der Waals surface area contributed by atoms with Crippen molar-refractivity contribution in [3.8, 4) is 11.7 Å². The van der Waals surface area contributed by atoms with Crippen molar-refractivity contribution >= 4 is 22.5 Å². The summed E-state index contributed by atoms with van der Waals surface area (Å²) in [6.07, 6.45) is 3.22. The van der Waals surface area contributed by atoms with E-state index in [1.165, 1.54) is 6.20 Å².